The number of amides is 2. The van der Waals surface area contributed by atoms with E-state index in [-0.39, 0.29) is 30.0 Å². The van der Waals surface area contributed by atoms with Gasteiger partial charge in [0.2, 0.25) is 0 Å². The molecule has 0 spiro atoms. The van der Waals surface area contributed by atoms with Gasteiger partial charge >= 0.3 is 12.0 Å². The molecule has 2 amide bonds. The summed E-state index contributed by atoms with van der Waals surface area (Å²) in [7, 11) is 0. The Balaban J connectivity index is 2.64. The Kier molecular flexibility index (Phi) is 5.60. The van der Waals surface area contributed by atoms with E-state index in [1.807, 2.05) is 20.8 Å². The predicted octanol–water partition coefficient (Wildman–Crippen LogP) is 2.63. The van der Waals surface area contributed by atoms with Gasteiger partial charge in [-0.1, -0.05) is 26.8 Å². The second-order valence-electron chi connectivity index (χ2n) is 6.68. The molecule has 0 aromatic carbocycles. The highest BCUT2D eigenvalue weighted by Gasteiger charge is 2.33. The van der Waals surface area contributed by atoms with Gasteiger partial charge in [-0.15, -0.1) is 6.58 Å². The van der Waals surface area contributed by atoms with Crippen LogP contribution in [0.5, 0.6) is 0 Å². The third kappa shape index (κ3) is 6.08. The van der Waals surface area contributed by atoms with E-state index in [1.165, 1.54) is 0 Å². The average Bonchev–Trinajstić information content (AvgIpc) is 3.05. The molecule has 1 atom stereocenters. The van der Waals surface area contributed by atoms with Crippen LogP contribution >= 0.6 is 0 Å². The van der Waals surface area contributed by atoms with E-state index in [1.54, 1.807) is 11.0 Å². The zero-order valence-electron chi connectivity index (χ0n) is 12.7. The standard InChI is InChI=1S/C15H26N2O3/c1-5-8-17(12-6-7-12)14(20)16-11(9-13(18)19)10-15(2,3)4/h5,11-12H,1,6-10H2,2-4H3,(H,16,20)(H,18,19). The molecular weight excluding hydrogens is 256 g/mol. The molecule has 0 saturated heterocycles. The lowest BCUT2D eigenvalue weighted by atomic mass is 9.87. The lowest BCUT2D eigenvalue weighted by Gasteiger charge is -2.29. The van der Waals surface area contributed by atoms with Crippen LogP contribution in [0.3, 0.4) is 0 Å². The molecular formula is C15H26N2O3. The lowest BCUT2D eigenvalue weighted by Crippen LogP contribution is -2.47. The predicted molar refractivity (Wildman–Crippen MR) is 78.6 cm³/mol. The van der Waals surface area contributed by atoms with Crippen molar-refractivity contribution in [3.8, 4) is 0 Å². The van der Waals surface area contributed by atoms with E-state index >= 15 is 0 Å². The molecule has 1 fully saturated rings. The summed E-state index contributed by atoms with van der Waals surface area (Å²) < 4.78 is 0. The number of carbonyl (C=O) groups excluding carboxylic acids is 1. The molecule has 1 rings (SSSR count). The van der Waals surface area contributed by atoms with Crippen LogP contribution in [-0.2, 0) is 4.79 Å². The molecule has 114 valence electrons. The Hall–Kier alpha value is -1.52. The maximum absolute atomic E-state index is 12.3. The zero-order valence-corrected chi connectivity index (χ0v) is 12.7. The zero-order chi connectivity index (χ0) is 15.3. The van der Waals surface area contributed by atoms with Gasteiger partial charge in [0.1, 0.15) is 0 Å². The Labute approximate surface area is 121 Å². The SMILES string of the molecule is C=CCN(C(=O)NC(CC(=O)O)CC(C)(C)C)C1CC1. The third-order valence-electron chi connectivity index (χ3n) is 3.18. The van der Waals surface area contributed by atoms with Crippen molar-refractivity contribution in [2.75, 3.05) is 6.54 Å². The topological polar surface area (TPSA) is 69.6 Å². The first-order chi connectivity index (χ1) is 9.23. The second kappa shape index (κ2) is 6.77. The molecule has 5 heteroatoms. The van der Waals surface area contributed by atoms with Gasteiger partial charge in [-0.25, -0.2) is 4.79 Å². The fraction of sp³-hybridized carbons (Fsp3) is 0.733. The van der Waals surface area contributed by atoms with Gasteiger partial charge in [-0.3, -0.25) is 4.79 Å². The summed E-state index contributed by atoms with van der Waals surface area (Å²) in [6, 6.07) is -0.234. The third-order valence-corrected chi connectivity index (χ3v) is 3.18. The number of carboxylic acid groups (broad SMARTS) is 1. The molecule has 5 nitrogen and oxygen atoms in total. The normalized spacial score (nSPS) is 16.4. The largest absolute Gasteiger partial charge is 0.481 e. The number of hydrogen-bond acceptors (Lipinski definition) is 2. The molecule has 0 aromatic heterocycles. The highest BCUT2D eigenvalue weighted by atomic mass is 16.4. The van der Waals surface area contributed by atoms with Crippen molar-refractivity contribution >= 4 is 12.0 Å². The molecule has 0 bridgehead atoms. The first-order valence-electron chi connectivity index (χ1n) is 7.13. The number of urea groups is 1. The number of carboxylic acids is 1. The van der Waals surface area contributed by atoms with Crippen molar-refractivity contribution in [2.45, 2.75) is 58.5 Å². The number of nitrogens with zero attached hydrogens (tertiary/aromatic N) is 1. The fourth-order valence-corrected chi connectivity index (χ4v) is 2.30. The van der Waals surface area contributed by atoms with E-state index in [4.69, 9.17) is 5.11 Å². The average molecular weight is 282 g/mol. The smallest absolute Gasteiger partial charge is 0.318 e. The Bertz CT molecular complexity index is 370. The van der Waals surface area contributed by atoms with Crippen molar-refractivity contribution in [3.63, 3.8) is 0 Å². The number of rotatable bonds is 7. The van der Waals surface area contributed by atoms with E-state index in [2.05, 4.69) is 11.9 Å². The summed E-state index contributed by atoms with van der Waals surface area (Å²) in [4.78, 5) is 24.9. The molecule has 20 heavy (non-hydrogen) atoms. The summed E-state index contributed by atoms with van der Waals surface area (Å²) in [5.74, 6) is -0.888. The molecule has 1 saturated carbocycles. The maximum atomic E-state index is 12.3. The van der Waals surface area contributed by atoms with Crippen LogP contribution in [0.2, 0.25) is 0 Å². The van der Waals surface area contributed by atoms with Crippen molar-refractivity contribution in [1.29, 1.82) is 0 Å². The maximum Gasteiger partial charge on any atom is 0.318 e. The van der Waals surface area contributed by atoms with Crippen LogP contribution in [0.15, 0.2) is 12.7 Å². The van der Waals surface area contributed by atoms with Crippen molar-refractivity contribution in [1.82, 2.24) is 10.2 Å². The summed E-state index contributed by atoms with van der Waals surface area (Å²) >= 11 is 0. The Morgan fingerprint density at radius 1 is 1.45 bits per heavy atom. The molecule has 1 unspecified atom stereocenters. The van der Waals surface area contributed by atoms with Crippen LogP contribution in [0.1, 0.15) is 46.5 Å². The molecule has 0 radical (unpaired) electrons. The molecule has 0 heterocycles. The highest BCUT2D eigenvalue weighted by molar-refractivity contribution is 5.76. The van der Waals surface area contributed by atoms with Crippen molar-refractivity contribution in [3.05, 3.63) is 12.7 Å². The summed E-state index contributed by atoms with van der Waals surface area (Å²) in [6.07, 6.45) is 4.33. The van der Waals surface area contributed by atoms with E-state index in [0.717, 1.165) is 12.8 Å². The first kappa shape index (κ1) is 16.5. The minimum Gasteiger partial charge on any atom is -0.481 e. The lowest BCUT2D eigenvalue weighted by molar-refractivity contribution is -0.137. The van der Waals surface area contributed by atoms with E-state index < -0.39 is 5.97 Å². The van der Waals surface area contributed by atoms with Gasteiger partial charge in [0.05, 0.1) is 6.42 Å². The number of hydrogen-bond donors (Lipinski definition) is 2. The Morgan fingerprint density at radius 2 is 2.05 bits per heavy atom. The van der Waals surface area contributed by atoms with Gasteiger partial charge in [0.15, 0.2) is 0 Å². The minimum absolute atomic E-state index is 0.0315. The van der Waals surface area contributed by atoms with Crippen LogP contribution in [0.25, 0.3) is 0 Å². The van der Waals surface area contributed by atoms with E-state index in [0.29, 0.717) is 13.0 Å². The van der Waals surface area contributed by atoms with Crippen molar-refractivity contribution < 1.29 is 14.7 Å². The number of aliphatic carboxylic acids is 1. The number of nitrogens with one attached hydrogen (secondary N) is 1. The minimum atomic E-state index is -0.888. The van der Waals surface area contributed by atoms with Crippen LogP contribution < -0.4 is 5.32 Å². The Morgan fingerprint density at radius 3 is 2.45 bits per heavy atom. The van der Waals surface area contributed by atoms with E-state index in [9.17, 15) is 9.59 Å². The summed E-state index contributed by atoms with van der Waals surface area (Å²) in [5.41, 5.74) is -0.0315. The van der Waals surface area contributed by atoms with Gasteiger partial charge in [-0.05, 0) is 24.7 Å². The molecule has 1 aliphatic rings. The quantitative estimate of drug-likeness (QED) is 0.705. The summed E-state index contributed by atoms with van der Waals surface area (Å²) in [5, 5.41) is 11.8. The van der Waals surface area contributed by atoms with Crippen molar-refractivity contribution in [2.24, 2.45) is 5.41 Å². The van der Waals surface area contributed by atoms with Crippen LogP contribution in [0.4, 0.5) is 4.79 Å². The second-order valence-corrected chi connectivity index (χ2v) is 6.68. The highest BCUT2D eigenvalue weighted by Crippen LogP contribution is 2.27. The first-order valence-corrected chi connectivity index (χ1v) is 7.13. The summed E-state index contributed by atoms with van der Waals surface area (Å²) in [6.45, 7) is 10.3. The fourth-order valence-electron chi connectivity index (χ4n) is 2.30. The molecule has 2 N–H and O–H groups in total. The van der Waals surface area contributed by atoms with Gasteiger partial charge in [0, 0.05) is 18.6 Å². The molecule has 1 aliphatic carbocycles. The molecule has 0 aromatic rings. The monoisotopic (exact) mass is 282 g/mol. The van der Waals surface area contributed by atoms with Gasteiger partial charge in [-0.2, -0.15) is 0 Å². The van der Waals surface area contributed by atoms with Crippen LogP contribution in [0, 0.1) is 5.41 Å². The number of carbonyl (C=O) groups is 2. The molecule has 0 aliphatic heterocycles. The van der Waals surface area contributed by atoms with Crippen LogP contribution in [-0.4, -0.2) is 40.6 Å². The van der Waals surface area contributed by atoms with Gasteiger partial charge < -0.3 is 15.3 Å². The van der Waals surface area contributed by atoms with Gasteiger partial charge in [0.25, 0.3) is 0 Å².